The van der Waals surface area contributed by atoms with Gasteiger partial charge in [0.1, 0.15) is 0 Å². The van der Waals surface area contributed by atoms with Crippen molar-refractivity contribution in [3.63, 3.8) is 0 Å². The zero-order valence-electron chi connectivity index (χ0n) is 9.71. The highest BCUT2D eigenvalue weighted by Crippen LogP contribution is 2.22. The third-order valence-corrected chi connectivity index (χ3v) is 3.36. The van der Waals surface area contributed by atoms with Gasteiger partial charge in [-0.2, -0.15) is 0 Å². The summed E-state index contributed by atoms with van der Waals surface area (Å²) in [5, 5.41) is 18.1. The summed E-state index contributed by atoms with van der Waals surface area (Å²) >= 11 is 0. The van der Waals surface area contributed by atoms with Crippen LogP contribution in [-0.4, -0.2) is 64.3 Å². The number of carbonyl (C=O) groups is 2. The molecule has 0 aromatic rings. The Kier molecular flexibility index (Phi) is 3.51. The van der Waals surface area contributed by atoms with Crippen molar-refractivity contribution in [2.24, 2.45) is 5.92 Å². The number of hydrogen-bond donors (Lipinski definition) is 2. The van der Waals surface area contributed by atoms with Crippen molar-refractivity contribution in [2.75, 3.05) is 26.2 Å². The summed E-state index contributed by atoms with van der Waals surface area (Å²) in [6, 6.07) is -0.0645. The molecule has 2 saturated heterocycles. The lowest BCUT2D eigenvalue weighted by Crippen LogP contribution is -2.57. The number of likely N-dealkylation sites (tertiary alicyclic amines) is 2. The van der Waals surface area contributed by atoms with Gasteiger partial charge in [0.2, 0.25) is 0 Å². The quantitative estimate of drug-likeness (QED) is 0.712. The Bertz CT molecular complexity index is 315. The van der Waals surface area contributed by atoms with E-state index in [2.05, 4.69) is 0 Å². The van der Waals surface area contributed by atoms with E-state index in [9.17, 15) is 14.7 Å². The maximum Gasteiger partial charge on any atom is 0.320 e. The number of carboxylic acids is 1. The van der Waals surface area contributed by atoms with Crippen LogP contribution < -0.4 is 0 Å². The molecule has 1 atom stereocenters. The fourth-order valence-corrected chi connectivity index (χ4v) is 2.43. The van der Waals surface area contributed by atoms with E-state index in [-0.39, 0.29) is 18.4 Å². The van der Waals surface area contributed by atoms with Gasteiger partial charge in [0.15, 0.2) is 0 Å². The lowest BCUT2D eigenvalue weighted by molar-refractivity contribution is -0.139. The molecule has 6 heteroatoms. The second kappa shape index (κ2) is 4.91. The summed E-state index contributed by atoms with van der Waals surface area (Å²) in [7, 11) is 0. The molecule has 17 heavy (non-hydrogen) atoms. The Morgan fingerprint density at radius 3 is 2.47 bits per heavy atom. The van der Waals surface area contributed by atoms with E-state index >= 15 is 0 Å². The molecule has 0 spiro atoms. The first-order valence-corrected chi connectivity index (χ1v) is 6.00. The fourth-order valence-electron chi connectivity index (χ4n) is 2.43. The van der Waals surface area contributed by atoms with Gasteiger partial charge in [-0.05, 0) is 12.8 Å². The third-order valence-electron chi connectivity index (χ3n) is 3.36. The van der Waals surface area contributed by atoms with Gasteiger partial charge in [-0.1, -0.05) is 0 Å². The van der Waals surface area contributed by atoms with Gasteiger partial charge < -0.3 is 20.0 Å². The van der Waals surface area contributed by atoms with Crippen molar-refractivity contribution in [2.45, 2.75) is 25.4 Å². The Hall–Kier alpha value is -1.30. The van der Waals surface area contributed by atoms with E-state index < -0.39 is 12.1 Å². The second-order valence-electron chi connectivity index (χ2n) is 4.89. The molecule has 96 valence electrons. The topological polar surface area (TPSA) is 81.1 Å². The van der Waals surface area contributed by atoms with Crippen LogP contribution in [0, 0.1) is 5.92 Å². The van der Waals surface area contributed by atoms with Crippen LogP contribution in [0.15, 0.2) is 0 Å². The summed E-state index contributed by atoms with van der Waals surface area (Å²) in [4.78, 5) is 25.7. The average molecular weight is 242 g/mol. The predicted molar refractivity (Wildman–Crippen MR) is 59.5 cm³/mol. The Morgan fingerprint density at radius 2 is 1.88 bits per heavy atom. The molecular formula is C11H18N2O4. The monoisotopic (exact) mass is 242 g/mol. The van der Waals surface area contributed by atoms with Crippen molar-refractivity contribution < 1.29 is 19.8 Å². The first-order valence-electron chi connectivity index (χ1n) is 6.00. The number of rotatable bonds is 2. The van der Waals surface area contributed by atoms with E-state index in [1.54, 1.807) is 9.80 Å². The zero-order valence-corrected chi connectivity index (χ0v) is 9.71. The lowest BCUT2D eigenvalue weighted by Gasteiger charge is -2.42. The van der Waals surface area contributed by atoms with Crippen molar-refractivity contribution in [3.8, 4) is 0 Å². The predicted octanol–water partition coefficient (Wildman–Crippen LogP) is -0.0304. The average Bonchev–Trinajstić information content (AvgIpc) is 2.21. The van der Waals surface area contributed by atoms with Gasteiger partial charge in [-0.25, -0.2) is 4.79 Å². The minimum absolute atomic E-state index is 0.0645. The molecule has 2 aliphatic rings. The molecule has 0 aromatic carbocycles. The molecule has 0 aliphatic carbocycles. The standard InChI is InChI=1S/C11H18N2O4/c14-9-2-1-3-12(7-9)11(17)13-5-8(6-13)4-10(15)16/h8-9,14H,1-7H2,(H,15,16). The van der Waals surface area contributed by atoms with Crippen LogP contribution in [0.3, 0.4) is 0 Å². The third kappa shape index (κ3) is 2.88. The van der Waals surface area contributed by atoms with E-state index in [1.807, 2.05) is 0 Å². The van der Waals surface area contributed by atoms with Crippen molar-refractivity contribution in [1.29, 1.82) is 0 Å². The van der Waals surface area contributed by atoms with Crippen LogP contribution in [0.1, 0.15) is 19.3 Å². The summed E-state index contributed by atoms with van der Waals surface area (Å²) in [6.45, 7) is 2.14. The van der Waals surface area contributed by atoms with Gasteiger partial charge >= 0.3 is 12.0 Å². The van der Waals surface area contributed by atoms with Gasteiger partial charge in [0.25, 0.3) is 0 Å². The van der Waals surface area contributed by atoms with Crippen molar-refractivity contribution in [3.05, 3.63) is 0 Å². The normalized spacial score (nSPS) is 25.6. The van der Waals surface area contributed by atoms with Crippen molar-refractivity contribution in [1.82, 2.24) is 9.80 Å². The number of piperidine rings is 1. The number of aliphatic hydroxyl groups is 1. The first-order chi connectivity index (χ1) is 8.06. The summed E-state index contributed by atoms with van der Waals surface area (Å²) < 4.78 is 0. The minimum Gasteiger partial charge on any atom is -0.481 e. The number of hydrogen-bond acceptors (Lipinski definition) is 3. The van der Waals surface area contributed by atoms with Crippen LogP contribution in [0.5, 0.6) is 0 Å². The molecule has 2 rings (SSSR count). The van der Waals surface area contributed by atoms with Crippen molar-refractivity contribution >= 4 is 12.0 Å². The maximum atomic E-state index is 12.0. The molecule has 0 saturated carbocycles. The van der Waals surface area contributed by atoms with E-state index in [0.717, 1.165) is 12.8 Å². The Morgan fingerprint density at radius 1 is 1.18 bits per heavy atom. The number of nitrogens with zero attached hydrogens (tertiary/aromatic N) is 2. The molecule has 2 heterocycles. The molecular weight excluding hydrogens is 224 g/mol. The van der Waals surface area contributed by atoms with Crippen LogP contribution in [-0.2, 0) is 4.79 Å². The van der Waals surface area contributed by atoms with E-state index in [1.165, 1.54) is 0 Å². The van der Waals surface area contributed by atoms with E-state index in [0.29, 0.717) is 26.2 Å². The smallest absolute Gasteiger partial charge is 0.320 e. The number of carbonyl (C=O) groups excluding carboxylic acids is 1. The Labute approximate surface area is 99.8 Å². The largest absolute Gasteiger partial charge is 0.481 e. The number of β-amino-alcohol motifs (C(OH)–C–C–N with tert-alkyl or cyclic N) is 1. The van der Waals surface area contributed by atoms with Gasteiger partial charge in [0.05, 0.1) is 12.5 Å². The summed E-state index contributed by atoms with van der Waals surface area (Å²) in [5.74, 6) is -0.721. The molecule has 2 N–H and O–H groups in total. The van der Waals surface area contributed by atoms with Gasteiger partial charge in [-0.3, -0.25) is 4.79 Å². The van der Waals surface area contributed by atoms with Gasteiger partial charge in [-0.15, -0.1) is 0 Å². The highest BCUT2D eigenvalue weighted by atomic mass is 16.4. The molecule has 2 amide bonds. The maximum absolute atomic E-state index is 12.0. The number of carboxylic acid groups (broad SMARTS) is 1. The van der Waals surface area contributed by atoms with Gasteiger partial charge in [0, 0.05) is 32.1 Å². The van der Waals surface area contributed by atoms with Crippen LogP contribution in [0.4, 0.5) is 4.79 Å². The molecule has 0 aromatic heterocycles. The van der Waals surface area contributed by atoms with E-state index in [4.69, 9.17) is 5.11 Å². The number of aliphatic carboxylic acids is 1. The number of urea groups is 1. The minimum atomic E-state index is -0.810. The molecule has 0 bridgehead atoms. The molecule has 1 unspecified atom stereocenters. The molecule has 6 nitrogen and oxygen atoms in total. The first kappa shape index (κ1) is 12.2. The highest BCUT2D eigenvalue weighted by molar-refractivity contribution is 5.76. The lowest BCUT2D eigenvalue weighted by atomic mass is 9.97. The zero-order chi connectivity index (χ0) is 12.4. The molecule has 2 fully saturated rings. The molecule has 2 aliphatic heterocycles. The van der Waals surface area contributed by atoms with Crippen LogP contribution >= 0.6 is 0 Å². The SMILES string of the molecule is O=C(O)CC1CN(C(=O)N2CCCC(O)C2)C1. The van der Waals surface area contributed by atoms with Crippen LogP contribution in [0.2, 0.25) is 0 Å². The number of amides is 2. The summed E-state index contributed by atoms with van der Waals surface area (Å²) in [6.07, 6.45) is 1.31. The fraction of sp³-hybridized carbons (Fsp3) is 0.818. The number of aliphatic hydroxyl groups excluding tert-OH is 1. The second-order valence-corrected chi connectivity index (χ2v) is 4.89. The summed E-state index contributed by atoms with van der Waals surface area (Å²) in [5.41, 5.74) is 0. The van der Waals surface area contributed by atoms with Crippen LogP contribution in [0.25, 0.3) is 0 Å². The Balaban J connectivity index is 1.76. The highest BCUT2D eigenvalue weighted by Gasteiger charge is 2.35. The molecule has 0 radical (unpaired) electrons.